The molecule has 1 unspecified atom stereocenters. The van der Waals surface area contributed by atoms with E-state index < -0.39 is 29.1 Å². The first-order chi connectivity index (χ1) is 12.2. The summed E-state index contributed by atoms with van der Waals surface area (Å²) in [6, 6.07) is 3.79. The number of halogens is 2. The van der Waals surface area contributed by atoms with Crippen LogP contribution in [0.15, 0.2) is 23.1 Å². The molecule has 1 fully saturated rings. The molecule has 1 aromatic rings. The number of carbonyl (C=O) groups excluding carboxylic acids is 2. The first kappa shape index (κ1) is 21.0. The lowest BCUT2D eigenvalue weighted by Crippen LogP contribution is -2.42. The van der Waals surface area contributed by atoms with Crippen LogP contribution in [-0.4, -0.2) is 51.4 Å². The molecule has 26 heavy (non-hydrogen) atoms. The van der Waals surface area contributed by atoms with E-state index in [9.17, 15) is 18.0 Å². The summed E-state index contributed by atoms with van der Waals surface area (Å²) >= 11 is 11.5. The molecule has 7 nitrogen and oxygen atoms in total. The molecular weight excluding hydrogens is 403 g/mol. The van der Waals surface area contributed by atoms with Gasteiger partial charge in [0.1, 0.15) is 6.54 Å². The summed E-state index contributed by atoms with van der Waals surface area (Å²) in [6.07, 6.45) is 1.99. The topological polar surface area (TPSA) is 92.8 Å². The summed E-state index contributed by atoms with van der Waals surface area (Å²) in [5, 5.41) is 0.300. The molecule has 1 atom stereocenters. The summed E-state index contributed by atoms with van der Waals surface area (Å²) in [5.74, 6) is -0.703. The van der Waals surface area contributed by atoms with Crippen LogP contribution in [0.2, 0.25) is 10.0 Å². The molecule has 0 radical (unpaired) electrons. The van der Waals surface area contributed by atoms with Crippen molar-refractivity contribution in [2.24, 2.45) is 5.92 Å². The fraction of sp³-hybridized carbons (Fsp3) is 0.500. The fourth-order valence-corrected chi connectivity index (χ4v) is 3.94. The Morgan fingerprint density at radius 1 is 1.31 bits per heavy atom. The summed E-state index contributed by atoms with van der Waals surface area (Å²) in [4.78, 5) is 25.3. The van der Waals surface area contributed by atoms with Crippen LogP contribution in [0.4, 0.5) is 0 Å². The molecule has 2 rings (SSSR count). The second-order valence-corrected chi connectivity index (χ2v) is 8.73. The number of nitrogens with zero attached hydrogens (tertiary/aromatic N) is 1. The van der Waals surface area contributed by atoms with Gasteiger partial charge < -0.3 is 9.64 Å². The third-order valence-electron chi connectivity index (χ3n) is 3.97. The van der Waals surface area contributed by atoms with Gasteiger partial charge in [-0.3, -0.25) is 9.59 Å². The van der Waals surface area contributed by atoms with Crippen molar-refractivity contribution in [2.45, 2.75) is 24.7 Å². The number of benzene rings is 1. The van der Waals surface area contributed by atoms with E-state index in [-0.39, 0.29) is 20.8 Å². The number of nitrogens with one attached hydrogen (secondary N) is 1. The van der Waals surface area contributed by atoms with Crippen LogP contribution >= 0.6 is 23.2 Å². The third-order valence-corrected chi connectivity index (χ3v) is 6.11. The minimum absolute atomic E-state index is 0.0819. The van der Waals surface area contributed by atoms with Gasteiger partial charge in [0, 0.05) is 13.1 Å². The highest BCUT2D eigenvalue weighted by atomic mass is 35.5. The van der Waals surface area contributed by atoms with Crippen LogP contribution < -0.4 is 4.72 Å². The predicted molar refractivity (Wildman–Crippen MR) is 97.6 cm³/mol. The van der Waals surface area contributed by atoms with Crippen molar-refractivity contribution in [1.29, 1.82) is 0 Å². The summed E-state index contributed by atoms with van der Waals surface area (Å²) in [5.41, 5.74) is 0. The van der Waals surface area contributed by atoms with E-state index in [0.29, 0.717) is 19.0 Å². The van der Waals surface area contributed by atoms with Crippen LogP contribution in [-0.2, 0) is 24.3 Å². The maximum Gasteiger partial charge on any atom is 0.321 e. The van der Waals surface area contributed by atoms with E-state index >= 15 is 0 Å². The standard InChI is InChI=1S/C16H20Cl2N2O5S/c1-11-3-2-6-20(9-11)15(21)10-25-16(22)8-19-26(23,24)12-4-5-13(17)14(18)7-12/h4-5,7,11,19H,2-3,6,8-10H2,1H3. The Kier molecular flexibility index (Phi) is 7.28. The Balaban J connectivity index is 1.82. The van der Waals surface area contributed by atoms with Crippen molar-refractivity contribution in [3.05, 3.63) is 28.2 Å². The zero-order chi connectivity index (χ0) is 19.3. The molecular formula is C16H20Cl2N2O5S. The van der Waals surface area contributed by atoms with Crippen LogP contribution in [0.5, 0.6) is 0 Å². The summed E-state index contributed by atoms with van der Waals surface area (Å²) in [7, 11) is -3.95. The van der Waals surface area contributed by atoms with Gasteiger partial charge in [-0.15, -0.1) is 0 Å². The highest BCUT2D eigenvalue weighted by Gasteiger charge is 2.22. The molecule has 144 valence electrons. The van der Waals surface area contributed by atoms with Crippen molar-refractivity contribution in [3.8, 4) is 0 Å². The zero-order valence-corrected chi connectivity index (χ0v) is 16.5. The molecule has 1 aliphatic heterocycles. The minimum atomic E-state index is -3.95. The lowest BCUT2D eigenvalue weighted by atomic mass is 10.0. The zero-order valence-electron chi connectivity index (χ0n) is 14.2. The first-order valence-electron chi connectivity index (χ1n) is 8.07. The number of ether oxygens (including phenoxy) is 1. The van der Waals surface area contributed by atoms with Gasteiger partial charge in [-0.05, 0) is 37.0 Å². The minimum Gasteiger partial charge on any atom is -0.455 e. The Hall–Kier alpha value is -1.35. The highest BCUT2D eigenvalue weighted by Crippen LogP contribution is 2.24. The van der Waals surface area contributed by atoms with Gasteiger partial charge in [0.25, 0.3) is 5.91 Å². The van der Waals surface area contributed by atoms with Gasteiger partial charge in [0.15, 0.2) is 6.61 Å². The Labute approximate surface area is 162 Å². The van der Waals surface area contributed by atoms with Gasteiger partial charge in [0.05, 0.1) is 14.9 Å². The number of esters is 1. The van der Waals surface area contributed by atoms with E-state index in [1.807, 2.05) is 0 Å². The smallest absolute Gasteiger partial charge is 0.321 e. The summed E-state index contributed by atoms with van der Waals surface area (Å²) < 4.78 is 31.2. The van der Waals surface area contributed by atoms with Gasteiger partial charge in [-0.25, -0.2) is 8.42 Å². The predicted octanol–water partition coefficient (Wildman–Crippen LogP) is 2.07. The van der Waals surface area contributed by atoms with Gasteiger partial charge in [-0.1, -0.05) is 30.1 Å². The molecule has 1 amide bonds. The quantitative estimate of drug-likeness (QED) is 0.708. The van der Waals surface area contributed by atoms with Crippen LogP contribution in [0.3, 0.4) is 0 Å². The van der Waals surface area contributed by atoms with Crippen LogP contribution in [0, 0.1) is 5.92 Å². The van der Waals surface area contributed by atoms with Crippen LogP contribution in [0.1, 0.15) is 19.8 Å². The fourth-order valence-electron chi connectivity index (χ4n) is 2.58. The number of sulfonamides is 1. The van der Waals surface area contributed by atoms with E-state index in [1.165, 1.54) is 18.2 Å². The van der Waals surface area contributed by atoms with Crippen molar-refractivity contribution in [2.75, 3.05) is 26.2 Å². The number of hydrogen-bond donors (Lipinski definition) is 1. The number of piperidine rings is 1. The van der Waals surface area contributed by atoms with Crippen molar-refractivity contribution < 1.29 is 22.7 Å². The molecule has 10 heteroatoms. The molecule has 0 saturated carbocycles. The van der Waals surface area contributed by atoms with E-state index in [0.717, 1.165) is 12.8 Å². The normalized spacial score (nSPS) is 17.8. The lowest BCUT2D eigenvalue weighted by molar-refractivity contribution is -0.151. The Morgan fingerprint density at radius 2 is 2.04 bits per heavy atom. The second kappa shape index (κ2) is 9.03. The maximum absolute atomic E-state index is 12.1. The van der Waals surface area contributed by atoms with Crippen molar-refractivity contribution in [3.63, 3.8) is 0 Å². The number of carbonyl (C=O) groups is 2. The Morgan fingerprint density at radius 3 is 2.69 bits per heavy atom. The van der Waals surface area contributed by atoms with Gasteiger partial charge in [0.2, 0.25) is 10.0 Å². The molecule has 0 bridgehead atoms. The first-order valence-corrected chi connectivity index (χ1v) is 10.3. The van der Waals surface area contributed by atoms with Gasteiger partial charge in [-0.2, -0.15) is 4.72 Å². The molecule has 1 aliphatic rings. The number of hydrogen-bond acceptors (Lipinski definition) is 5. The summed E-state index contributed by atoms with van der Waals surface area (Å²) in [6.45, 7) is 2.35. The second-order valence-electron chi connectivity index (χ2n) is 6.15. The van der Waals surface area contributed by atoms with E-state index in [2.05, 4.69) is 11.6 Å². The average molecular weight is 423 g/mol. The molecule has 1 N–H and O–H groups in total. The van der Waals surface area contributed by atoms with Crippen molar-refractivity contribution >= 4 is 45.1 Å². The highest BCUT2D eigenvalue weighted by molar-refractivity contribution is 7.89. The number of rotatable bonds is 6. The van der Waals surface area contributed by atoms with Crippen LogP contribution in [0.25, 0.3) is 0 Å². The van der Waals surface area contributed by atoms with E-state index in [4.69, 9.17) is 27.9 Å². The molecule has 1 saturated heterocycles. The van der Waals surface area contributed by atoms with E-state index in [1.54, 1.807) is 4.90 Å². The molecule has 1 heterocycles. The SMILES string of the molecule is CC1CCCN(C(=O)COC(=O)CNS(=O)(=O)c2ccc(Cl)c(Cl)c2)C1. The molecule has 0 spiro atoms. The van der Waals surface area contributed by atoms with Gasteiger partial charge >= 0.3 is 5.97 Å². The van der Waals surface area contributed by atoms with Crippen molar-refractivity contribution in [1.82, 2.24) is 9.62 Å². The number of amides is 1. The number of likely N-dealkylation sites (tertiary alicyclic amines) is 1. The average Bonchev–Trinajstić information content (AvgIpc) is 2.60. The largest absolute Gasteiger partial charge is 0.455 e. The molecule has 0 aromatic heterocycles. The Bertz CT molecular complexity index is 785. The lowest BCUT2D eigenvalue weighted by Gasteiger charge is -2.30. The third kappa shape index (κ3) is 5.84. The maximum atomic E-state index is 12.1. The molecule has 1 aromatic carbocycles. The monoisotopic (exact) mass is 422 g/mol. The molecule has 0 aliphatic carbocycles.